The van der Waals surface area contributed by atoms with Gasteiger partial charge in [0, 0.05) is 12.6 Å². The average molecular weight is 349 g/mol. The molecular formula is C14H15N5O4S. The van der Waals surface area contributed by atoms with E-state index in [1.165, 1.54) is 23.0 Å². The van der Waals surface area contributed by atoms with Gasteiger partial charge in [0.2, 0.25) is 0 Å². The van der Waals surface area contributed by atoms with Crippen LogP contribution in [0.5, 0.6) is 0 Å². The zero-order valence-electron chi connectivity index (χ0n) is 12.9. The number of carbonyl (C=O) groups is 1. The first-order valence-electron chi connectivity index (χ1n) is 6.98. The molecule has 10 heteroatoms. The van der Waals surface area contributed by atoms with Crippen molar-refractivity contribution in [2.45, 2.75) is 18.5 Å². The molecule has 3 N–H and O–H groups in total. The molecule has 1 aromatic carbocycles. The highest BCUT2D eigenvalue weighted by Gasteiger charge is 2.21. The number of aryl methyl sites for hydroxylation is 2. The molecule has 2 aromatic heterocycles. The third-order valence-electron chi connectivity index (χ3n) is 3.52. The first kappa shape index (κ1) is 16.1. The van der Waals surface area contributed by atoms with Gasteiger partial charge in [-0.2, -0.15) is 5.10 Å². The summed E-state index contributed by atoms with van der Waals surface area (Å²) in [7, 11) is -2.19. The van der Waals surface area contributed by atoms with Gasteiger partial charge in [-0.05, 0) is 25.1 Å². The minimum atomic E-state index is -3.74. The molecule has 24 heavy (non-hydrogen) atoms. The molecule has 0 spiro atoms. The van der Waals surface area contributed by atoms with Crippen LogP contribution in [-0.2, 0) is 23.6 Å². The number of hydrogen-bond acceptors (Lipinski definition) is 5. The smallest absolute Gasteiger partial charge is 0.335 e. The number of aromatic amines is 1. The number of carboxylic acid groups (broad SMARTS) is 1. The van der Waals surface area contributed by atoms with Gasteiger partial charge in [-0.3, -0.25) is 4.68 Å². The molecule has 3 rings (SSSR count). The summed E-state index contributed by atoms with van der Waals surface area (Å²) in [6, 6.07) is 4.46. The number of aromatic nitrogens is 4. The summed E-state index contributed by atoms with van der Waals surface area (Å²) in [4.78, 5) is 18.1. The first-order valence-corrected chi connectivity index (χ1v) is 8.46. The van der Waals surface area contributed by atoms with E-state index in [-0.39, 0.29) is 17.1 Å². The van der Waals surface area contributed by atoms with Crippen molar-refractivity contribution in [1.82, 2.24) is 24.5 Å². The molecule has 0 aliphatic heterocycles. The second-order valence-electron chi connectivity index (χ2n) is 5.30. The standard InChI is InChI=1S/C14H15N5O4S/c1-8-6-15-19(2)13(8)24(22,23)16-7-12-17-10-4-3-9(14(20)21)5-11(10)18-12/h3-6,16H,7H2,1-2H3,(H,17,18)(H,20,21). The van der Waals surface area contributed by atoms with Gasteiger partial charge in [-0.1, -0.05) is 0 Å². The van der Waals surface area contributed by atoms with Crippen LogP contribution in [0, 0.1) is 6.92 Å². The molecule has 9 nitrogen and oxygen atoms in total. The van der Waals surface area contributed by atoms with Crippen LogP contribution in [0.2, 0.25) is 0 Å². The lowest BCUT2D eigenvalue weighted by Crippen LogP contribution is -2.26. The van der Waals surface area contributed by atoms with Gasteiger partial charge in [0.1, 0.15) is 5.82 Å². The normalized spacial score (nSPS) is 11.9. The first-order chi connectivity index (χ1) is 11.3. The summed E-state index contributed by atoms with van der Waals surface area (Å²) in [5, 5.41) is 13.0. The molecule has 2 heterocycles. The lowest BCUT2D eigenvalue weighted by atomic mass is 10.2. The number of H-pyrrole nitrogens is 1. The van der Waals surface area contributed by atoms with E-state index in [2.05, 4.69) is 19.8 Å². The van der Waals surface area contributed by atoms with Crippen LogP contribution in [0.15, 0.2) is 29.4 Å². The number of carboxylic acids is 1. The Labute approximate surface area is 137 Å². The highest BCUT2D eigenvalue weighted by molar-refractivity contribution is 7.89. The Kier molecular flexibility index (Phi) is 3.85. The monoisotopic (exact) mass is 349 g/mol. The second kappa shape index (κ2) is 5.73. The number of fused-ring (bicyclic) bond motifs is 1. The zero-order chi connectivity index (χ0) is 17.5. The van der Waals surface area contributed by atoms with Gasteiger partial charge in [-0.15, -0.1) is 0 Å². The van der Waals surface area contributed by atoms with Crippen molar-refractivity contribution in [3.05, 3.63) is 41.3 Å². The van der Waals surface area contributed by atoms with Crippen molar-refractivity contribution in [2.24, 2.45) is 7.05 Å². The number of benzene rings is 1. The van der Waals surface area contributed by atoms with Gasteiger partial charge in [-0.25, -0.2) is 22.9 Å². The van der Waals surface area contributed by atoms with Crippen LogP contribution in [0.4, 0.5) is 0 Å². The van der Waals surface area contributed by atoms with Crippen LogP contribution < -0.4 is 4.72 Å². The third-order valence-corrected chi connectivity index (χ3v) is 5.14. The molecule has 0 aliphatic rings. The Hall–Kier alpha value is -2.72. The van der Waals surface area contributed by atoms with Crippen molar-refractivity contribution in [3.63, 3.8) is 0 Å². The summed E-state index contributed by atoms with van der Waals surface area (Å²) < 4.78 is 28.5. The van der Waals surface area contributed by atoms with Crippen molar-refractivity contribution in [3.8, 4) is 0 Å². The van der Waals surface area contributed by atoms with Gasteiger partial charge in [0.15, 0.2) is 5.03 Å². The summed E-state index contributed by atoms with van der Waals surface area (Å²) in [6.45, 7) is 1.61. The van der Waals surface area contributed by atoms with Crippen LogP contribution in [0.1, 0.15) is 21.7 Å². The van der Waals surface area contributed by atoms with Crippen LogP contribution in [0.25, 0.3) is 11.0 Å². The maximum absolute atomic E-state index is 12.4. The van der Waals surface area contributed by atoms with Gasteiger partial charge in [0.05, 0.1) is 29.3 Å². The molecule has 0 saturated carbocycles. The van der Waals surface area contributed by atoms with Crippen LogP contribution in [0.3, 0.4) is 0 Å². The Balaban J connectivity index is 1.84. The molecule has 0 atom stereocenters. The average Bonchev–Trinajstić information content (AvgIpc) is 3.07. The van der Waals surface area contributed by atoms with Gasteiger partial charge < -0.3 is 10.1 Å². The molecule has 0 unspecified atom stereocenters. The van der Waals surface area contributed by atoms with E-state index in [9.17, 15) is 13.2 Å². The van der Waals surface area contributed by atoms with E-state index in [0.29, 0.717) is 22.4 Å². The van der Waals surface area contributed by atoms with E-state index in [1.807, 2.05) is 0 Å². The number of nitrogens with one attached hydrogen (secondary N) is 2. The topological polar surface area (TPSA) is 130 Å². The molecule has 3 aromatic rings. The fourth-order valence-electron chi connectivity index (χ4n) is 2.43. The summed E-state index contributed by atoms with van der Waals surface area (Å²) >= 11 is 0. The van der Waals surface area contributed by atoms with E-state index >= 15 is 0 Å². The Morgan fingerprint density at radius 2 is 2.17 bits per heavy atom. The predicted octanol–water partition coefficient (Wildman–Crippen LogP) is 0.782. The molecule has 0 saturated heterocycles. The Bertz CT molecular complexity index is 1020. The maximum Gasteiger partial charge on any atom is 0.335 e. The molecule has 0 radical (unpaired) electrons. The summed E-state index contributed by atoms with van der Waals surface area (Å²) in [6.07, 6.45) is 1.48. The highest BCUT2D eigenvalue weighted by atomic mass is 32.2. The fraction of sp³-hybridized carbons (Fsp3) is 0.214. The van der Waals surface area contributed by atoms with Crippen molar-refractivity contribution in [1.29, 1.82) is 0 Å². The number of nitrogens with zero attached hydrogens (tertiary/aromatic N) is 3. The predicted molar refractivity (Wildman–Crippen MR) is 85.0 cm³/mol. The number of hydrogen-bond donors (Lipinski definition) is 3. The van der Waals surface area contributed by atoms with E-state index < -0.39 is 16.0 Å². The minimum Gasteiger partial charge on any atom is -0.478 e. The molecular weight excluding hydrogens is 334 g/mol. The van der Waals surface area contributed by atoms with Crippen molar-refractivity contribution in [2.75, 3.05) is 0 Å². The summed E-state index contributed by atoms with van der Waals surface area (Å²) in [5.74, 6) is -0.656. The van der Waals surface area contributed by atoms with Crippen molar-refractivity contribution < 1.29 is 18.3 Å². The number of sulfonamides is 1. The van der Waals surface area contributed by atoms with Gasteiger partial charge in [0.25, 0.3) is 10.0 Å². The SMILES string of the molecule is Cc1cnn(C)c1S(=O)(=O)NCc1nc2ccc(C(=O)O)cc2[nH]1. The lowest BCUT2D eigenvalue weighted by molar-refractivity contribution is 0.0697. The number of rotatable bonds is 5. The lowest BCUT2D eigenvalue weighted by Gasteiger charge is -2.06. The molecule has 126 valence electrons. The second-order valence-corrected chi connectivity index (χ2v) is 6.98. The number of aromatic carboxylic acids is 1. The van der Waals surface area contributed by atoms with Crippen molar-refractivity contribution >= 4 is 27.0 Å². The van der Waals surface area contributed by atoms with Gasteiger partial charge >= 0.3 is 5.97 Å². The fourth-order valence-corrected chi connectivity index (χ4v) is 3.77. The molecule has 0 aliphatic carbocycles. The third kappa shape index (κ3) is 2.88. The zero-order valence-corrected chi connectivity index (χ0v) is 13.8. The quantitative estimate of drug-likeness (QED) is 0.624. The summed E-state index contributed by atoms with van der Waals surface area (Å²) in [5.41, 5.74) is 1.76. The highest BCUT2D eigenvalue weighted by Crippen LogP contribution is 2.16. The van der Waals surface area contributed by atoms with Crippen LogP contribution >= 0.6 is 0 Å². The van der Waals surface area contributed by atoms with E-state index in [4.69, 9.17) is 5.11 Å². The molecule has 0 bridgehead atoms. The molecule has 0 amide bonds. The maximum atomic E-state index is 12.4. The Morgan fingerprint density at radius 3 is 2.79 bits per heavy atom. The minimum absolute atomic E-state index is 0.0515. The van der Waals surface area contributed by atoms with E-state index in [1.54, 1.807) is 20.0 Å². The Morgan fingerprint density at radius 1 is 1.42 bits per heavy atom. The largest absolute Gasteiger partial charge is 0.478 e. The number of imidazole rings is 1. The van der Waals surface area contributed by atoms with E-state index in [0.717, 1.165) is 0 Å². The molecule has 0 fully saturated rings. The van der Waals surface area contributed by atoms with Crippen LogP contribution in [-0.4, -0.2) is 39.2 Å².